The van der Waals surface area contributed by atoms with Crippen molar-refractivity contribution in [3.8, 4) is 0 Å². The highest BCUT2D eigenvalue weighted by Crippen LogP contribution is 2.31. The maximum Gasteiger partial charge on any atom is 0.146 e. The summed E-state index contributed by atoms with van der Waals surface area (Å²) < 4.78 is 0. The fourth-order valence-electron chi connectivity index (χ4n) is 2.28. The number of nitrogen functional groups attached to an aromatic ring is 1. The maximum atomic E-state index is 6.14. The number of nitrogens with two attached hydrogens (primary N) is 1. The van der Waals surface area contributed by atoms with E-state index in [1.807, 2.05) is 11.8 Å². The smallest absolute Gasteiger partial charge is 0.146 e. The number of thiophene rings is 1. The topological polar surface area (TPSA) is 55.0 Å². The van der Waals surface area contributed by atoms with Crippen LogP contribution in [0.15, 0.2) is 0 Å². The van der Waals surface area contributed by atoms with Gasteiger partial charge in [0.1, 0.15) is 16.5 Å². The predicted octanol–water partition coefficient (Wildman–Crippen LogP) is 3.46. The quantitative estimate of drug-likeness (QED) is 0.882. The number of aryl methyl sites for hydroxylation is 2. The lowest BCUT2D eigenvalue weighted by molar-refractivity contribution is 0.239. The molecule has 0 amide bonds. The molecule has 0 saturated carbocycles. The van der Waals surface area contributed by atoms with Crippen molar-refractivity contribution in [1.29, 1.82) is 0 Å². The van der Waals surface area contributed by atoms with Gasteiger partial charge in [-0.25, -0.2) is 9.97 Å². The van der Waals surface area contributed by atoms with Crippen LogP contribution in [0, 0.1) is 13.8 Å². The lowest BCUT2D eigenvalue weighted by Crippen LogP contribution is -2.29. The van der Waals surface area contributed by atoms with E-state index in [1.54, 1.807) is 11.3 Å². The number of anilines is 1. The van der Waals surface area contributed by atoms with Crippen LogP contribution in [0.2, 0.25) is 0 Å². The highest BCUT2D eigenvalue weighted by atomic mass is 32.2. The molecule has 2 aromatic heterocycles. The summed E-state index contributed by atoms with van der Waals surface area (Å²) in [6.45, 7) is 7.19. The third kappa shape index (κ3) is 3.67. The van der Waals surface area contributed by atoms with Gasteiger partial charge in [0.25, 0.3) is 0 Å². The third-order valence-corrected chi connectivity index (χ3v) is 5.73. The van der Waals surface area contributed by atoms with Crippen molar-refractivity contribution in [2.75, 3.05) is 24.8 Å². The summed E-state index contributed by atoms with van der Waals surface area (Å²) in [5.41, 5.74) is 7.35. The molecule has 2 rings (SSSR count). The molecule has 2 heterocycles. The summed E-state index contributed by atoms with van der Waals surface area (Å²) in [5.74, 6) is 2.61. The van der Waals surface area contributed by atoms with Gasteiger partial charge in [-0.3, -0.25) is 4.90 Å². The zero-order valence-electron chi connectivity index (χ0n) is 13.4. The average Bonchev–Trinajstić information content (AvgIpc) is 2.71. The van der Waals surface area contributed by atoms with E-state index in [-0.39, 0.29) is 0 Å². The Morgan fingerprint density at radius 1 is 1.33 bits per heavy atom. The first-order valence-electron chi connectivity index (χ1n) is 7.15. The first kappa shape index (κ1) is 16.5. The molecule has 0 fully saturated rings. The average molecular weight is 325 g/mol. The Bertz CT molecular complexity index is 624. The molecule has 0 aliphatic heterocycles. The Morgan fingerprint density at radius 2 is 2.05 bits per heavy atom. The summed E-state index contributed by atoms with van der Waals surface area (Å²) in [6, 6.07) is 0.518. The number of nitrogens with zero attached hydrogens (tertiary/aromatic N) is 3. The maximum absolute atomic E-state index is 6.14. The minimum absolute atomic E-state index is 0.518. The first-order chi connectivity index (χ1) is 9.93. The standard InChI is InChI=1S/C15H24N4S2/c1-9(6-7-20-5)19(4)8-12-17-14(16)13-10(2)11(3)21-15(13)18-12/h9H,6-8H2,1-5H3,(H2,16,17,18). The first-order valence-corrected chi connectivity index (χ1v) is 9.36. The number of rotatable bonds is 6. The number of thioether (sulfide) groups is 1. The molecule has 0 spiro atoms. The second-order valence-electron chi connectivity index (χ2n) is 5.53. The molecule has 0 saturated heterocycles. The summed E-state index contributed by atoms with van der Waals surface area (Å²) in [6.07, 6.45) is 3.32. The molecule has 116 valence electrons. The molecule has 0 bridgehead atoms. The number of fused-ring (bicyclic) bond motifs is 1. The lowest BCUT2D eigenvalue weighted by atomic mass is 10.2. The predicted molar refractivity (Wildman–Crippen MR) is 95.2 cm³/mol. The van der Waals surface area contributed by atoms with E-state index in [4.69, 9.17) is 10.7 Å². The van der Waals surface area contributed by atoms with Crippen molar-refractivity contribution in [1.82, 2.24) is 14.9 Å². The lowest BCUT2D eigenvalue weighted by Gasteiger charge is -2.23. The molecule has 4 nitrogen and oxygen atoms in total. The Morgan fingerprint density at radius 3 is 2.71 bits per heavy atom. The van der Waals surface area contributed by atoms with Gasteiger partial charge in [0.2, 0.25) is 0 Å². The Kier molecular flexibility index (Phi) is 5.46. The summed E-state index contributed by atoms with van der Waals surface area (Å²) >= 11 is 3.59. The van der Waals surface area contributed by atoms with Crippen LogP contribution in [-0.2, 0) is 6.54 Å². The molecule has 0 aliphatic carbocycles. The van der Waals surface area contributed by atoms with Crippen molar-refractivity contribution in [3.05, 3.63) is 16.3 Å². The van der Waals surface area contributed by atoms with E-state index in [1.165, 1.54) is 22.6 Å². The van der Waals surface area contributed by atoms with Crippen LogP contribution in [0.4, 0.5) is 5.82 Å². The number of aromatic nitrogens is 2. The van der Waals surface area contributed by atoms with Gasteiger partial charge in [0, 0.05) is 10.9 Å². The van der Waals surface area contributed by atoms with Crippen LogP contribution >= 0.6 is 23.1 Å². The van der Waals surface area contributed by atoms with E-state index in [2.05, 4.69) is 44.0 Å². The van der Waals surface area contributed by atoms with Crippen molar-refractivity contribution in [2.45, 2.75) is 39.8 Å². The fourth-order valence-corrected chi connectivity index (χ4v) is 3.92. The monoisotopic (exact) mass is 324 g/mol. The SMILES string of the molecule is CSCCC(C)N(C)Cc1nc(N)c2c(C)c(C)sc2n1. The molecule has 0 aliphatic rings. The highest BCUT2D eigenvalue weighted by Gasteiger charge is 2.15. The summed E-state index contributed by atoms with van der Waals surface area (Å²) in [5, 5.41) is 1.03. The van der Waals surface area contributed by atoms with Gasteiger partial charge in [0.05, 0.1) is 11.9 Å². The molecule has 0 radical (unpaired) electrons. The Labute approximate surface area is 135 Å². The van der Waals surface area contributed by atoms with Crippen molar-refractivity contribution >= 4 is 39.1 Å². The molecule has 21 heavy (non-hydrogen) atoms. The molecule has 1 unspecified atom stereocenters. The normalized spacial score (nSPS) is 13.2. The molecule has 2 aromatic rings. The molecule has 6 heteroatoms. The van der Waals surface area contributed by atoms with Crippen LogP contribution in [0.1, 0.15) is 29.6 Å². The zero-order valence-corrected chi connectivity index (χ0v) is 15.1. The van der Waals surface area contributed by atoms with Crippen LogP contribution in [0.3, 0.4) is 0 Å². The van der Waals surface area contributed by atoms with Gasteiger partial charge >= 0.3 is 0 Å². The van der Waals surface area contributed by atoms with Gasteiger partial charge in [-0.2, -0.15) is 11.8 Å². The van der Waals surface area contributed by atoms with E-state index < -0.39 is 0 Å². The van der Waals surface area contributed by atoms with Gasteiger partial charge in [-0.05, 0) is 51.8 Å². The minimum Gasteiger partial charge on any atom is -0.383 e. The number of hydrogen-bond acceptors (Lipinski definition) is 6. The number of hydrogen-bond donors (Lipinski definition) is 1. The summed E-state index contributed by atoms with van der Waals surface area (Å²) in [7, 11) is 2.12. The van der Waals surface area contributed by atoms with Crippen LogP contribution < -0.4 is 5.73 Å². The van der Waals surface area contributed by atoms with Gasteiger partial charge < -0.3 is 5.73 Å². The van der Waals surface area contributed by atoms with Crippen molar-refractivity contribution in [2.24, 2.45) is 0 Å². The van der Waals surface area contributed by atoms with Crippen molar-refractivity contribution in [3.63, 3.8) is 0 Å². The van der Waals surface area contributed by atoms with Gasteiger partial charge in [-0.15, -0.1) is 11.3 Å². The molecular weight excluding hydrogens is 300 g/mol. The fraction of sp³-hybridized carbons (Fsp3) is 0.600. The minimum atomic E-state index is 0.518. The molecule has 2 N–H and O–H groups in total. The second kappa shape index (κ2) is 6.94. The van der Waals surface area contributed by atoms with E-state index >= 15 is 0 Å². The van der Waals surface area contributed by atoms with Crippen LogP contribution in [0.25, 0.3) is 10.2 Å². The van der Waals surface area contributed by atoms with Crippen LogP contribution in [0.5, 0.6) is 0 Å². The second-order valence-corrected chi connectivity index (χ2v) is 7.72. The van der Waals surface area contributed by atoms with E-state index in [9.17, 15) is 0 Å². The highest BCUT2D eigenvalue weighted by molar-refractivity contribution is 7.98. The van der Waals surface area contributed by atoms with Crippen molar-refractivity contribution < 1.29 is 0 Å². The van der Waals surface area contributed by atoms with Gasteiger partial charge in [0.15, 0.2) is 0 Å². The largest absolute Gasteiger partial charge is 0.383 e. The van der Waals surface area contributed by atoms with E-state index in [0.717, 1.165) is 22.6 Å². The van der Waals surface area contributed by atoms with Gasteiger partial charge in [-0.1, -0.05) is 0 Å². The summed E-state index contributed by atoms with van der Waals surface area (Å²) in [4.78, 5) is 13.8. The Hall–Kier alpha value is -0.850. The zero-order chi connectivity index (χ0) is 15.6. The molecule has 1 atom stereocenters. The third-order valence-electron chi connectivity index (χ3n) is 3.99. The van der Waals surface area contributed by atoms with Crippen LogP contribution in [-0.4, -0.2) is 40.0 Å². The molecule has 0 aromatic carbocycles. The molecular formula is C15H24N4S2. The Balaban J connectivity index is 2.19. The van der Waals surface area contributed by atoms with E-state index in [0.29, 0.717) is 11.9 Å².